The Morgan fingerprint density at radius 2 is 1.34 bits per heavy atom. The summed E-state index contributed by atoms with van der Waals surface area (Å²) in [5.74, 6) is 5.85. The molecule has 14 nitrogen and oxygen atoms in total. The molecule has 0 unspecified atom stereocenters. The molecule has 7 N–H and O–H groups in total. The number of carbonyl (C=O) groups is 3. The monoisotopic (exact) mass is 461 g/mol. The zero-order chi connectivity index (χ0) is 22.7. The molecule has 0 fully saturated rings. The van der Waals surface area contributed by atoms with Gasteiger partial charge in [-0.1, -0.05) is 13.8 Å². The minimum absolute atomic E-state index is 0.115. The van der Waals surface area contributed by atoms with Crippen molar-refractivity contribution in [2.24, 2.45) is 17.7 Å². The number of carbonyl (C=O) groups excluding carboxylic acids is 3. The van der Waals surface area contributed by atoms with Crippen molar-refractivity contribution in [2.45, 2.75) is 32.7 Å². The van der Waals surface area contributed by atoms with Crippen molar-refractivity contribution >= 4 is 38.0 Å². The first-order chi connectivity index (χ1) is 13.3. The van der Waals surface area contributed by atoms with Crippen molar-refractivity contribution < 1.29 is 39.8 Å². The van der Waals surface area contributed by atoms with Crippen LogP contribution in [0.25, 0.3) is 0 Å². The smallest absolute Gasteiger partial charge is 0.284 e. The molecule has 0 saturated carbocycles. The fourth-order valence-electron chi connectivity index (χ4n) is 1.81. The second-order valence-electron chi connectivity index (χ2n) is 6.11. The first-order valence-electron chi connectivity index (χ1n) is 8.40. The Kier molecular flexibility index (Phi) is 11.8. The number of hydrogen-bond acceptors (Lipinski definition) is 11. The maximum atomic E-state index is 12.2. The van der Waals surface area contributed by atoms with Gasteiger partial charge in [0.2, 0.25) is 17.7 Å². The third-order valence-electron chi connectivity index (χ3n) is 3.44. The molecule has 0 aromatic heterocycles. The van der Waals surface area contributed by atoms with E-state index in [2.05, 4.69) is 36.3 Å². The minimum Gasteiger partial charge on any atom is -0.355 e. The molecule has 0 bridgehead atoms. The lowest BCUT2D eigenvalue weighted by molar-refractivity contribution is -0.131. The summed E-state index contributed by atoms with van der Waals surface area (Å²) in [6.07, 6.45) is -0.333. The van der Waals surface area contributed by atoms with Gasteiger partial charge in [0.05, 0.1) is 11.5 Å². The van der Waals surface area contributed by atoms with E-state index < -0.39 is 61.4 Å². The summed E-state index contributed by atoms with van der Waals surface area (Å²) < 4.78 is 51.9. The van der Waals surface area contributed by atoms with E-state index in [1.54, 1.807) is 13.8 Å². The van der Waals surface area contributed by atoms with Gasteiger partial charge in [-0.15, -0.1) is 0 Å². The van der Waals surface area contributed by atoms with Crippen molar-refractivity contribution in [3.8, 4) is 0 Å². The molecule has 0 aliphatic carbocycles. The SMILES string of the molecule is CC(C)C(=O)N[C@@H](CCC(=O)NCCS(=O)(=O)ON)C(=O)NCCS(=O)(=O)ON. The van der Waals surface area contributed by atoms with Crippen molar-refractivity contribution in [2.75, 3.05) is 24.6 Å². The van der Waals surface area contributed by atoms with Gasteiger partial charge >= 0.3 is 0 Å². The number of rotatable bonds is 14. The lowest BCUT2D eigenvalue weighted by Crippen LogP contribution is -2.49. The Labute approximate surface area is 169 Å². The lowest BCUT2D eigenvalue weighted by Gasteiger charge is -2.19. The van der Waals surface area contributed by atoms with Gasteiger partial charge in [0.1, 0.15) is 6.04 Å². The quantitative estimate of drug-likeness (QED) is 0.160. The van der Waals surface area contributed by atoms with Crippen LogP contribution < -0.4 is 27.7 Å². The van der Waals surface area contributed by atoms with E-state index in [-0.39, 0.29) is 25.9 Å². The molecule has 1 atom stereocenters. The van der Waals surface area contributed by atoms with E-state index >= 15 is 0 Å². The fourth-order valence-corrected chi connectivity index (χ4v) is 2.70. The van der Waals surface area contributed by atoms with Gasteiger partial charge in [-0.2, -0.15) is 37.2 Å². The van der Waals surface area contributed by atoms with Gasteiger partial charge in [-0.25, -0.2) is 0 Å². The van der Waals surface area contributed by atoms with Crippen LogP contribution in [-0.4, -0.2) is 65.2 Å². The molecule has 0 radical (unpaired) electrons. The standard InChI is InChI=1S/C13H27N5O9S2/c1-9(2)12(20)18-10(13(21)17-6-8-29(24,25)27-15)3-4-11(19)16-5-7-28(22,23)26-14/h9-10H,3-8,14-15H2,1-2H3,(H,16,19)(H,17,21)(H,18,20)/t10-/m0/s1. The van der Waals surface area contributed by atoms with Crippen molar-refractivity contribution in [3.05, 3.63) is 0 Å². The van der Waals surface area contributed by atoms with Crippen LogP contribution in [0.15, 0.2) is 0 Å². The van der Waals surface area contributed by atoms with Gasteiger partial charge < -0.3 is 16.0 Å². The van der Waals surface area contributed by atoms with Crippen LogP contribution in [0.5, 0.6) is 0 Å². The molecule has 0 spiro atoms. The number of nitrogens with one attached hydrogen (secondary N) is 3. The second-order valence-corrected chi connectivity index (χ2v) is 9.54. The summed E-state index contributed by atoms with van der Waals surface area (Å²) in [4.78, 5) is 35.9. The largest absolute Gasteiger partial charge is 0.355 e. The second kappa shape index (κ2) is 12.7. The summed E-state index contributed by atoms with van der Waals surface area (Å²) in [5.41, 5.74) is 0. The Balaban J connectivity index is 4.73. The molecule has 16 heteroatoms. The van der Waals surface area contributed by atoms with E-state index in [9.17, 15) is 31.2 Å². The molecule has 0 aromatic rings. The van der Waals surface area contributed by atoms with Crippen LogP contribution >= 0.6 is 0 Å². The van der Waals surface area contributed by atoms with Crippen LogP contribution in [-0.2, 0) is 43.2 Å². The highest BCUT2D eigenvalue weighted by Crippen LogP contribution is 2.02. The lowest BCUT2D eigenvalue weighted by atomic mass is 10.1. The van der Waals surface area contributed by atoms with Crippen molar-refractivity contribution in [3.63, 3.8) is 0 Å². The maximum absolute atomic E-state index is 12.2. The summed E-state index contributed by atoms with van der Waals surface area (Å²) in [6.45, 7) is 2.62. The molecule has 0 aliphatic rings. The van der Waals surface area contributed by atoms with Gasteiger partial charge in [0.15, 0.2) is 0 Å². The van der Waals surface area contributed by atoms with E-state index in [1.165, 1.54) is 0 Å². The molecule has 0 aromatic carbocycles. The highest BCUT2D eigenvalue weighted by atomic mass is 32.2. The van der Waals surface area contributed by atoms with Crippen LogP contribution in [0, 0.1) is 5.92 Å². The molecule has 0 aliphatic heterocycles. The topological polar surface area (TPSA) is 226 Å². The fraction of sp³-hybridized carbons (Fsp3) is 0.769. The molecular formula is C13H27N5O9S2. The van der Waals surface area contributed by atoms with E-state index in [1.807, 2.05) is 0 Å². The van der Waals surface area contributed by atoms with Crippen molar-refractivity contribution in [1.29, 1.82) is 0 Å². The summed E-state index contributed by atoms with van der Waals surface area (Å²) in [7, 11) is -7.92. The van der Waals surface area contributed by atoms with Crippen LogP contribution in [0.3, 0.4) is 0 Å². The van der Waals surface area contributed by atoms with Crippen molar-refractivity contribution in [1.82, 2.24) is 16.0 Å². The Bertz CT molecular complexity index is 768. The third kappa shape index (κ3) is 12.3. The van der Waals surface area contributed by atoms with Crippen LogP contribution in [0.2, 0.25) is 0 Å². The van der Waals surface area contributed by atoms with E-state index in [0.717, 1.165) is 0 Å². The Morgan fingerprint density at radius 1 is 0.862 bits per heavy atom. The molecule has 3 amide bonds. The van der Waals surface area contributed by atoms with Gasteiger partial charge in [0, 0.05) is 25.4 Å². The van der Waals surface area contributed by atoms with Gasteiger partial charge in [-0.05, 0) is 6.42 Å². The Morgan fingerprint density at radius 3 is 1.79 bits per heavy atom. The van der Waals surface area contributed by atoms with E-state index in [0.29, 0.717) is 0 Å². The highest BCUT2D eigenvalue weighted by Gasteiger charge is 2.23. The maximum Gasteiger partial charge on any atom is 0.284 e. The minimum atomic E-state index is -3.98. The zero-order valence-corrected chi connectivity index (χ0v) is 17.7. The molecule has 29 heavy (non-hydrogen) atoms. The third-order valence-corrected chi connectivity index (χ3v) is 5.43. The number of hydrogen-bond donors (Lipinski definition) is 5. The summed E-state index contributed by atoms with van der Waals surface area (Å²) >= 11 is 0. The molecule has 0 rings (SSSR count). The highest BCUT2D eigenvalue weighted by molar-refractivity contribution is 7.86. The van der Waals surface area contributed by atoms with Gasteiger partial charge in [0.25, 0.3) is 20.2 Å². The molecule has 170 valence electrons. The number of nitrogens with two attached hydrogens (primary N) is 2. The molecule has 0 heterocycles. The predicted molar refractivity (Wildman–Crippen MR) is 100 cm³/mol. The first-order valence-corrected chi connectivity index (χ1v) is 11.6. The van der Waals surface area contributed by atoms with Crippen LogP contribution in [0.1, 0.15) is 26.7 Å². The Hall–Kier alpha value is -1.85. The zero-order valence-electron chi connectivity index (χ0n) is 16.0. The van der Waals surface area contributed by atoms with Crippen LogP contribution in [0.4, 0.5) is 0 Å². The molecule has 0 saturated heterocycles. The normalized spacial score (nSPS) is 13.0. The number of amides is 3. The average molecular weight is 462 g/mol. The van der Waals surface area contributed by atoms with Gasteiger partial charge in [-0.3, -0.25) is 14.4 Å². The average Bonchev–Trinajstić information content (AvgIpc) is 2.64. The predicted octanol–water partition coefficient (Wildman–Crippen LogP) is -3.42. The van der Waals surface area contributed by atoms with E-state index in [4.69, 9.17) is 0 Å². The summed E-state index contributed by atoms with van der Waals surface area (Å²) in [5, 5.41) is 7.06. The molecular weight excluding hydrogens is 434 g/mol. The summed E-state index contributed by atoms with van der Waals surface area (Å²) in [6, 6.07) is -1.12. The first kappa shape index (κ1) is 27.1.